The molecule has 1 heterocycles. The molecule has 2 aromatic carbocycles. The molecule has 0 bridgehead atoms. The summed E-state index contributed by atoms with van der Waals surface area (Å²) in [7, 11) is 0. The van der Waals surface area contributed by atoms with Gasteiger partial charge in [0.05, 0.1) is 10.6 Å². The number of amidine groups is 1. The molecule has 2 aromatic rings. The van der Waals surface area contributed by atoms with Crippen LogP contribution in [0.25, 0.3) is 6.08 Å². The highest BCUT2D eigenvalue weighted by Gasteiger charge is 2.32. The van der Waals surface area contributed by atoms with Gasteiger partial charge in [-0.2, -0.15) is 0 Å². The number of hydrogen-bond donors (Lipinski definition) is 1. The molecule has 25 heavy (non-hydrogen) atoms. The van der Waals surface area contributed by atoms with Gasteiger partial charge in [-0.15, -0.1) is 0 Å². The first-order valence-corrected chi connectivity index (χ1v) is 9.11. The van der Waals surface area contributed by atoms with Crippen LogP contribution in [0.5, 0.6) is 5.75 Å². The second-order valence-electron chi connectivity index (χ2n) is 5.63. The summed E-state index contributed by atoms with van der Waals surface area (Å²) in [5.41, 5.74) is 2.71. The Kier molecular flexibility index (Phi) is 5.24. The fourth-order valence-electron chi connectivity index (χ4n) is 2.54. The maximum absolute atomic E-state index is 12.6. The van der Waals surface area contributed by atoms with Crippen LogP contribution in [0.15, 0.2) is 58.4 Å². The van der Waals surface area contributed by atoms with Crippen LogP contribution in [0.3, 0.4) is 0 Å². The highest BCUT2D eigenvalue weighted by atomic mass is 32.2. The predicted molar refractivity (Wildman–Crippen MR) is 104 cm³/mol. The third-order valence-corrected chi connectivity index (χ3v) is 5.00. The molecule has 0 aliphatic carbocycles. The summed E-state index contributed by atoms with van der Waals surface area (Å²) in [6, 6.07) is 15.0. The number of aromatic hydroxyl groups is 1. The van der Waals surface area contributed by atoms with Crippen LogP contribution < -0.4 is 0 Å². The smallest absolute Gasteiger partial charge is 0.266 e. The molecule has 1 amide bonds. The standard InChI is InChI=1S/C20H20N2O2S/c1-3-14-9-11-16(12-10-14)21-20-22(4-2)19(24)18(25-20)13-15-7-5-6-8-17(15)23/h5-13,23H,3-4H2,1-2H3. The second-order valence-corrected chi connectivity index (χ2v) is 6.64. The number of thioether (sulfide) groups is 1. The number of benzene rings is 2. The lowest BCUT2D eigenvalue weighted by Gasteiger charge is -2.12. The van der Waals surface area contributed by atoms with Crippen molar-refractivity contribution in [3.63, 3.8) is 0 Å². The van der Waals surface area contributed by atoms with E-state index in [9.17, 15) is 9.90 Å². The molecule has 0 spiro atoms. The molecule has 0 radical (unpaired) electrons. The third-order valence-electron chi connectivity index (χ3n) is 4.00. The summed E-state index contributed by atoms with van der Waals surface area (Å²) in [4.78, 5) is 19.5. The molecule has 1 N–H and O–H groups in total. The number of rotatable bonds is 4. The molecule has 0 atom stereocenters. The molecule has 0 unspecified atom stereocenters. The van der Waals surface area contributed by atoms with E-state index in [4.69, 9.17) is 0 Å². The van der Waals surface area contributed by atoms with Crippen LogP contribution in [0.4, 0.5) is 5.69 Å². The highest BCUT2D eigenvalue weighted by molar-refractivity contribution is 8.18. The number of carbonyl (C=O) groups is 1. The molecular formula is C20H20N2O2S. The minimum atomic E-state index is -0.0836. The van der Waals surface area contributed by atoms with Crippen LogP contribution in [0.1, 0.15) is 25.0 Å². The first-order chi connectivity index (χ1) is 12.1. The Morgan fingerprint density at radius 1 is 1.12 bits per heavy atom. The van der Waals surface area contributed by atoms with Crippen LogP contribution in [-0.2, 0) is 11.2 Å². The highest BCUT2D eigenvalue weighted by Crippen LogP contribution is 2.35. The van der Waals surface area contributed by atoms with Crippen molar-refractivity contribution in [2.24, 2.45) is 4.99 Å². The maximum atomic E-state index is 12.6. The van der Waals surface area contributed by atoms with E-state index in [-0.39, 0.29) is 11.7 Å². The Hall–Kier alpha value is -2.53. The van der Waals surface area contributed by atoms with Crippen molar-refractivity contribution < 1.29 is 9.90 Å². The molecular weight excluding hydrogens is 332 g/mol. The van der Waals surface area contributed by atoms with E-state index in [0.29, 0.717) is 22.2 Å². The topological polar surface area (TPSA) is 52.9 Å². The van der Waals surface area contributed by atoms with Crippen molar-refractivity contribution >= 4 is 34.6 Å². The normalized spacial score (nSPS) is 17.7. The van der Waals surface area contributed by atoms with Gasteiger partial charge in [0.15, 0.2) is 5.17 Å². The van der Waals surface area contributed by atoms with Gasteiger partial charge in [0.2, 0.25) is 0 Å². The number of amides is 1. The lowest BCUT2D eigenvalue weighted by molar-refractivity contribution is -0.122. The largest absolute Gasteiger partial charge is 0.507 e. The summed E-state index contributed by atoms with van der Waals surface area (Å²) in [5.74, 6) is 0.0756. The zero-order valence-electron chi connectivity index (χ0n) is 14.3. The van der Waals surface area contributed by atoms with E-state index in [1.165, 1.54) is 17.3 Å². The third kappa shape index (κ3) is 3.77. The molecule has 4 nitrogen and oxygen atoms in total. The average molecular weight is 352 g/mol. The number of aryl methyl sites for hydroxylation is 1. The molecule has 1 aliphatic rings. The SMILES string of the molecule is CCc1ccc(N=C2SC(=Cc3ccccc3O)C(=O)N2CC)cc1. The van der Waals surface area contributed by atoms with Gasteiger partial charge in [0.25, 0.3) is 5.91 Å². The van der Waals surface area contributed by atoms with E-state index in [1.54, 1.807) is 29.2 Å². The number of aliphatic imine (C=N–C) groups is 1. The molecule has 3 rings (SSSR count). The zero-order valence-corrected chi connectivity index (χ0v) is 15.1. The molecule has 1 fully saturated rings. The van der Waals surface area contributed by atoms with E-state index in [2.05, 4.69) is 24.0 Å². The molecule has 1 saturated heterocycles. The first kappa shape index (κ1) is 17.3. The van der Waals surface area contributed by atoms with Crippen LogP contribution in [0.2, 0.25) is 0 Å². The van der Waals surface area contributed by atoms with Crippen molar-refractivity contribution in [2.45, 2.75) is 20.3 Å². The van der Waals surface area contributed by atoms with Gasteiger partial charge in [-0.25, -0.2) is 4.99 Å². The molecule has 0 aromatic heterocycles. The zero-order chi connectivity index (χ0) is 17.8. The van der Waals surface area contributed by atoms with Gasteiger partial charge < -0.3 is 5.11 Å². The van der Waals surface area contributed by atoms with Crippen molar-refractivity contribution in [1.82, 2.24) is 4.90 Å². The lowest BCUT2D eigenvalue weighted by Crippen LogP contribution is -2.28. The Bertz CT molecular complexity index is 841. The van der Waals surface area contributed by atoms with Crippen LogP contribution >= 0.6 is 11.8 Å². The number of para-hydroxylation sites is 1. The number of phenols is 1. The minimum absolute atomic E-state index is 0.0836. The van der Waals surface area contributed by atoms with Crippen molar-refractivity contribution in [3.05, 3.63) is 64.6 Å². The Balaban J connectivity index is 1.92. The van der Waals surface area contributed by atoms with Crippen molar-refractivity contribution in [2.75, 3.05) is 6.54 Å². The summed E-state index contributed by atoms with van der Waals surface area (Å²) in [6.07, 6.45) is 2.70. The minimum Gasteiger partial charge on any atom is -0.507 e. The number of carbonyl (C=O) groups excluding carboxylic acids is 1. The second kappa shape index (κ2) is 7.57. The quantitative estimate of drug-likeness (QED) is 0.820. The lowest BCUT2D eigenvalue weighted by atomic mass is 10.2. The summed E-state index contributed by atoms with van der Waals surface area (Å²) in [5, 5.41) is 10.6. The van der Waals surface area contributed by atoms with Gasteiger partial charge in [-0.3, -0.25) is 9.69 Å². The number of phenolic OH excluding ortho intramolecular Hbond substituents is 1. The molecule has 1 aliphatic heterocycles. The molecule has 5 heteroatoms. The van der Waals surface area contributed by atoms with Crippen LogP contribution in [0, 0.1) is 0 Å². The van der Waals surface area contributed by atoms with Gasteiger partial charge in [0.1, 0.15) is 5.75 Å². The van der Waals surface area contributed by atoms with Gasteiger partial charge in [-0.1, -0.05) is 37.3 Å². The number of likely N-dealkylation sites (N-methyl/N-ethyl adjacent to an activating group) is 1. The fourth-order valence-corrected chi connectivity index (χ4v) is 3.59. The van der Waals surface area contributed by atoms with E-state index < -0.39 is 0 Å². The number of hydrogen-bond acceptors (Lipinski definition) is 4. The molecule has 0 saturated carbocycles. The van der Waals surface area contributed by atoms with E-state index >= 15 is 0 Å². The van der Waals surface area contributed by atoms with Crippen molar-refractivity contribution in [3.8, 4) is 5.75 Å². The van der Waals surface area contributed by atoms with Gasteiger partial charge in [-0.05, 0) is 54.9 Å². The average Bonchev–Trinajstić information content (AvgIpc) is 2.92. The van der Waals surface area contributed by atoms with E-state index in [1.807, 2.05) is 25.1 Å². The maximum Gasteiger partial charge on any atom is 0.266 e. The first-order valence-electron chi connectivity index (χ1n) is 8.29. The number of nitrogens with zero attached hydrogens (tertiary/aromatic N) is 2. The monoisotopic (exact) mass is 352 g/mol. The molecule has 128 valence electrons. The Morgan fingerprint density at radius 3 is 2.48 bits per heavy atom. The summed E-state index contributed by atoms with van der Waals surface area (Å²) < 4.78 is 0. The van der Waals surface area contributed by atoms with Gasteiger partial charge >= 0.3 is 0 Å². The Morgan fingerprint density at radius 2 is 1.84 bits per heavy atom. The van der Waals surface area contributed by atoms with E-state index in [0.717, 1.165) is 12.1 Å². The Labute approximate surface area is 151 Å². The summed E-state index contributed by atoms with van der Waals surface area (Å²) >= 11 is 1.34. The van der Waals surface area contributed by atoms with Crippen molar-refractivity contribution in [1.29, 1.82) is 0 Å². The fraction of sp³-hybridized carbons (Fsp3) is 0.200. The van der Waals surface area contributed by atoms with Crippen LogP contribution in [-0.4, -0.2) is 27.6 Å². The summed E-state index contributed by atoms with van der Waals surface area (Å²) in [6.45, 7) is 4.59. The predicted octanol–water partition coefficient (Wildman–Crippen LogP) is 4.58. The van der Waals surface area contributed by atoms with Gasteiger partial charge in [0, 0.05) is 12.1 Å².